The Bertz CT molecular complexity index is 520. The van der Waals surface area contributed by atoms with Crippen molar-refractivity contribution in [3.63, 3.8) is 0 Å². The Labute approximate surface area is 112 Å². The van der Waals surface area contributed by atoms with Crippen LogP contribution in [0.5, 0.6) is 0 Å². The minimum absolute atomic E-state index is 0.263. The van der Waals surface area contributed by atoms with Crippen LogP contribution in [0.3, 0.4) is 0 Å². The number of aromatic nitrogens is 3. The first-order chi connectivity index (χ1) is 9.10. The Hall–Kier alpha value is -1.75. The summed E-state index contributed by atoms with van der Waals surface area (Å²) in [6, 6.07) is 5.08. The fourth-order valence-electron chi connectivity index (χ4n) is 1.86. The molecule has 0 amide bonds. The Kier molecular flexibility index (Phi) is 4.27. The third kappa shape index (κ3) is 3.38. The average molecular weight is 262 g/mol. The fourth-order valence-corrected chi connectivity index (χ4v) is 1.86. The molecule has 2 N–H and O–H groups in total. The zero-order valence-electron chi connectivity index (χ0n) is 11.3. The van der Waals surface area contributed by atoms with E-state index in [-0.39, 0.29) is 11.9 Å². The van der Waals surface area contributed by atoms with E-state index < -0.39 is 0 Å². The number of hydrogen-bond acceptors (Lipinski definition) is 3. The van der Waals surface area contributed by atoms with E-state index in [4.69, 9.17) is 5.73 Å². The predicted molar refractivity (Wildman–Crippen MR) is 72.1 cm³/mol. The van der Waals surface area contributed by atoms with Gasteiger partial charge in [-0.05, 0) is 31.5 Å². The molecule has 0 saturated carbocycles. The molecule has 4 nitrogen and oxygen atoms in total. The smallest absolute Gasteiger partial charge is 0.141 e. The molecule has 0 spiro atoms. The number of hydrogen-bond donors (Lipinski definition) is 1. The van der Waals surface area contributed by atoms with Gasteiger partial charge in [-0.2, -0.15) is 5.10 Å². The van der Waals surface area contributed by atoms with Crippen LogP contribution in [0.15, 0.2) is 30.6 Å². The molecule has 0 aliphatic heterocycles. The van der Waals surface area contributed by atoms with Crippen LogP contribution in [0.1, 0.15) is 43.7 Å². The highest BCUT2D eigenvalue weighted by Crippen LogP contribution is 2.15. The highest BCUT2D eigenvalue weighted by Gasteiger charge is 2.12. The summed E-state index contributed by atoms with van der Waals surface area (Å²) in [5.74, 6) is -0.350. The lowest BCUT2D eigenvalue weighted by Gasteiger charge is -2.10. The molecule has 2 heterocycles. The monoisotopic (exact) mass is 262 g/mol. The van der Waals surface area contributed by atoms with Gasteiger partial charge < -0.3 is 5.73 Å². The molecular formula is C14H19FN4. The number of halogens is 1. The van der Waals surface area contributed by atoms with Gasteiger partial charge in [0.2, 0.25) is 0 Å². The number of rotatable bonds is 5. The summed E-state index contributed by atoms with van der Waals surface area (Å²) in [5, 5.41) is 4.50. The largest absolute Gasteiger partial charge is 0.322 e. The summed E-state index contributed by atoms with van der Waals surface area (Å²) < 4.78 is 14.7. The fraction of sp³-hybridized carbons (Fsp3) is 0.429. The molecule has 5 heteroatoms. The minimum atomic E-state index is -0.350. The summed E-state index contributed by atoms with van der Waals surface area (Å²) in [5.41, 5.74) is 7.67. The lowest BCUT2D eigenvalue weighted by Crippen LogP contribution is -2.15. The van der Waals surface area contributed by atoms with Crippen LogP contribution in [-0.4, -0.2) is 14.8 Å². The quantitative estimate of drug-likeness (QED) is 0.901. The standard InChI is InChI=1S/C14H19FN4/c1-3-10(2)19-7-6-12(18-19)8-13(16)14-5-4-11(15)9-17-14/h4-7,9-10,13H,3,8,16H2,1-2H3. The van der Waals surface area contributed by atoms with E-state index in [1.54, 1.807) is 6.07 Å². The second-order valence-corrected chi connectivity index (χ2v) is 4.76. The number of nitrogens with zero attached hydrogens (tertiary/aromatic N) is 3. The number of pyridine rings is 1. The Balaban J connectivity index is 2.04. The molecule has 2 rings (SSSR count). The third-order valence-corrected chi connectivity index (χ3v) is 3.27. The van der Waals surface area contributed by atoms with Crippen LogP contribution in [-0.2, 0) is 6.42 Å². The van der Waals surface area contributed by atoms with Crippen LogP contribution >= 0.6 is 0 Å². The molecule has 0 fully saturated rings. The van der Waals surface area contributed by atoms with Gasteiger partial charge in [0.05, 0.1) is 23.6 Å². The highest BCUT2D eigenvalue weighted by molar-refractivity contribution is 5.13. The Morgan fingerprint density at radius 3 is 2.79 bits per heavy atom. The van der Waals surface area contributed by atoms with Crippen molar-refractivity contribution < 1.29 is 4.39 Å². The lowest BCUT2D eigenvalue weighted by atomic mass is 10.1. The van der Waals surface area contributed by atoms with E-state index in [2.05, 4.69) is 23.9 Å². The molecule has 0 aliphatic rings. The summed E-state index contributed by atoms with van der Waals surface area (Å²) in [4.78, 5) is 4.00. The Morgan fingerprint density at radius 2 is 2.16 bits per heavy atom. The Morgan fingerprint density at radius 1 is 1.37 bits per heavy atom. The number of nitrogens with two attached hydrogens (primary N) is 1. The summed E-state index contributed by atoms with van der Waals surface area (Å²) in [6.07, 6.45) is 4.79. The molecule has 19 heavy (non-hydrogen) atoms. The van der Waals surface area contributed by atoms with Crippen molar-refractivity contribution in [3.8, 4) is 0 Å². The molecule has 2 unspecified atom stereocenters. The van der Waals surface area contributed by atoms with Crippen LogP contribution in [0.4, 0.5) is 4.39 Å². The molecule has 0 saturated heterocycles. The van der Waals surface area contributed by atoms with E-state index >= 15 is 0 Å². The maximum Gasteiger partial charge on any atom is 0.141 e. The first-order valence-corrected chi connectivity index (χ1v) is 6.51. The van der Waals surface area contributed by atoms with Gasteiger partial charge in [-0.15, -0.1) is 0 Å². The van der Waals surface area contributed by atoms with Crippen LogP contribution < -0.4 is 5.73 Å². The lowest BCUT2D eigenvalue weighted by molar-refractivity contribution is 0.471. The van der Waals surface area contributed by atoms with Gasteiger partial charge in [0.25, 0.3) is 0 Å². The van der Waals surface area contributed by atoms with Crippen molar-refractivity contribution in [2.24, 2.45) is 5.73 Å². The van der Waals surface area contributed by atoms with Crippen LogP contribution in [0, 0.1) is 5.82 Å². The van der Waals surface area contributed by atoms with Gasteiger partial charge in [-0.1, -0.05) is 6.92 Å². The molecule has 0 aliphatic carbocycles. The van der Waals surface area contributed by atoms with Crippen molar-refractivity contribution in [2.75, 3.05) is 0 Å². The van der Waals surface area contributed by atoms with Crippen molar-refractivity contribution in [3.05, 3.63) is 47.8 Å². The predicted octanol–water partition coefficient (Wildman–Crippen LogP) is 2.63. The van der Waals surface area contributed by atoms with E-state index in [0.29, 0.717) is 18.2 Å². The molecule has 2 atom stereocenters. The molecule has 0 aromatic carbocycles. The zero-order valence-corrected chi connectivity index (χ0v) is 11.3. The molecule has 2 aromatic heterocycles. The maximum absolute atomic E-state index is 12.8. The molecule has 2 aromatic rings. The van der Waals surface area contributed by atoms with Crippen molar-refractivity contribution >= 4 is 0 Å². The third-order valence-electron chi connectivity index (χ3n) is 3.27. The van der Waals surface area contributed by atoms with Gasteiger partial charge in [0, 0.05) is 18.7 Å². The van der Waals surface area contributed by atoms with Gasteiger partial charge in [0.1, 0.15) is 5.82 Å². The van der Waals surface area contributed by atoms with E-state index in [9.17, 15) is 4.39 Å². The van der Waals surface area contributed by atoms with E-state index in [1.807, 2.05) is 16.9 Å². The molecular weight excluding hydrogens is 243 g/mol. The second kappa shape index (κ2) is 5.93. The van der Waals surface area contributed by atoms with Gasteiger partial charge in [-0.25, -0.2) is 4.39 Å². The zero-order chi connectivity index (χ0) is 13.8. The van der Waals surface area contributed by atoms with Crippen molar-refractivity contribution in [1.82, 2.24) is 14.8 Å². The SMILES string of the molecule is CCC(C)n1ccc(CC(N)c2ccc(F)cn2)n1. The molecule has 0 bridgehead atoms. The van der Waals surface area contributed by atoms with Crippen molar-refractivity contribution in [2.45, 2.75) is 38.8 Å². The average Bonchev–Trinajstić information content (AvgIpc) is 2.87. The van der Waals surface area contributed by atoms with E-state index in [1.165, 1.54) is 12.3 Å². The molecule has 0 radical (unpaired) electrons. The summed E-state index contributed by atoms with van der Waals surface area (Å²) >= 11 is 0. The maximum atomic E-state index is 12.8. The summed E-state index contributed by atoms with van der Waals surface area (Å²) in [7, 11) is 0. The molecule has 102 valence electrons. The first kappa shape index (κ1) is 13.7. The van der Waals surface area contributed by atoms with E-state index in [0.717, 1.165) is 12.1 Å². The topological polar surface area (TPSA) is 56.7 Å². The van der Waals surface area contributed by atoms with Gasteiger partial charge in [-0.3, -0.25) is 9.67 Å². The van der Waals surface area contributed by atoms with Gasteiger partial charge >= 0.3 is 0 Å². The van der Waals surface area contributed by atoms with Gasteiger partial charge in [0.15, 0.2) is 0 Å². The minimum Gasteiger partial charge on any atom is -0.322 e. The second-order valence-electron chi connectivity index (χ2n) is 4.76. The first-order valence-electron chi connectivity index (χ1n) is 6.51. The highest BCUT2D eigenvalue weighted by atomic mass is 19.1. The van der Waals surface area contributed by atoms with Crippen LogP contribution in [0.25, 0.3) is 0 Å². The van der Waals surface area contributed by atoms with Crippen LogP contribution in [0.2, 0.25) is 0 Å². The van der Waals surface area contributed by atoms with Crippen molar-refractivity contribution in [1.29, 1.82) is 0 Å². The summed E-state index contributed by atoms with van der Waals surface area (Å²) in [6.45, 7) is 4.25. The normalized spacial score (nSPS) is 14.3.